The number of hydrogen-bond acceptors (Lipinski definition) is 3. The molecule has 4 nitrogen and oxygen atoms in total. The summed E-state index contributed by atoms with van der Waals surface area (Å²) in [5.74, 6) is 0.674. The molecular weight excluding hydrogens is 320 g/mol. The molecule has 1 atom stereocenters. The molecule has 5 heteroatoms. The fourth-order valence-electron chi connectivity index (χ4n) is 4.29. The summed E-state index contributed by atoms with van der Waals surface area (Å²) in [5.41, 5.74) is 1.25. The smallest absolute Gasteiger partial charge is 0.263 e. The van der Waals surface area contributed by atoms with Gasteiger partial charge in [0.2, 0.25) is 5.91 Å². The standard InChI is InChI=1S/C19H26N2O2S/c22-18(20-10-4-5-11-20)14-6-7-16-15(12-14)13-17(24-16)19(23)21-8-2-1-3-9-21/h13-14H,1-12H2/t14-/m0/s1. The summed E-state index contributed by atoms with van der Waals surface area (Å²) in [7, 11) is 0. The number of likely N-dealkylation sites (tertiary alicyclic amines) is 2. The van der Waals surface area contributed by atoms with Crippen molar-refractivity contribution in [2.75, 3.05) is 26.2 Å². The average Bonchev–Trinajstić information content (AvgIpc) is 3.30. The van der Waals surface area contributed by atoms with Crippen molar-refractivity contribution >= 4 is 23.2 Å². The van der Waals surface area contributed by atoms with Gasteiger partial charge in [0.25, 0.3) is 5.91 Å². The summed E-state index contributed by atoms with van der Waals surface area (Å²) in [4.78, 5) is 31.6. The van der Waals surface area contributed by atoms with E-state index in [2.05, 4.69) is 6.07 Å². The molecule has 0 spiro atoms. The zero-order valence-electron chi connectivity index (χ0n) is 14.3. The highest BCUT2D eigenvalue weighted by atomic mass is 32.1. The average molecular weight is 346 g/mol. The second-order valence-corrected chi connectivity index (χ2v) is 8.52. The maximum absolute atomic E-state index is 12.7. The minimum Gasteiger partial charge on any atom is -0.342 e. The first kappa shape index (κ1) is 16.1. The van der Waals surface area contributed by atoms with Crippen molar-refractivity contribution in [2.24, 2.45) is 5.92 Å². The molecule has 4 rings (SSSR count). The first-order chi connectivity index (χ1) is 11.7. The topological polar surface area (TPSA) is 40.6 Å². The molecule has 0 bridgehead atoms. The molecule has 0 saturated carbocycles. The van der Waals surface area contributed by atoms with Crippen LogP contribution >= 0.6 is 11.3 Å². The number of piperidine rings is 1. The number of hydrogen-bond donors (Lipinski definition) is 0. The van der Waals surface area contributed by atoms with E-state index < -0.39 is 0 Å². The number of carbonyl (C=O) groups excluding carboxylic acids is 2. The van der Waals surface area contributed by atoms with Crippen LogP contribution in [0.5, 0.6) is 0 Å². The third-order valence-electron chi connectivity index (χ3n) is 5.70. The SMILES string of the molecule is O=C(c1cc2c(s1)CC[C@H](C(=O)N1CCCC1)C2)N1CCCCC1. The first-order valence-electron chi connectivity index (χ1n) is 9.42. The fraction of sp³-hybridized carbons (Fsp3) is 0.684. The number of fused-ring (bicyclic) bond motifs is 1. The zero-order valence-corrected chi connectivity index (χ0v) is 15.1. The first-order valence-corrected chi connectivity index (χ1v) is 10.2. The number of rotatable bonds is 2. The Balaban J connectivity index is 1.45. The van der Waals surface area contributed by atoms with Crippen molar-refractivity contribution in [2.45, 2.75) is 51.4 Å². The Morgan fingerprint density at radius 3 is 2.38 bits per heavy atom. The molecule has 0 N–H and O–H groups in total. The van der Waals surface area contributed by atoms with Gasteiger partial charge in [-0.05, 0) is 63.0 Å². The summed E-state index contributed by atoms with van der Waals surface area (Å²) in [6.45, 7) is 3.67. The van der Waals surface area contributed by atoms with Crippen LogP contribution in [-0.2, 0) is 17.6 Å². The highest BCUT2D eigenvalue weighted by molar-refractivity contribution is 7.14. The molecular formula is C19H26N2O2S. The van der Waals surface area contributed by atoms with Crippen LogP contribution in [-0.4, -0.2) is 47.8 Å². The van der Waals surface area contributed by atoms with Crippen LogP contribution in [0.1, 0.15) is 58.6 Å². The Morgan fingerprint density at radius 2 is 1.62 bits per heavy atom. The predicted octanol–water partition coefficient (Wildman–Crippen LogP) is 3.10. The Labute approximate surface area is 147 Å². The number of thiophene rings is 1. The van der Waals surface area contributed by atoms with Gasteiger partial charge in [-0.25, -0.2) is 0 Å². The third kappa shape index (κ3) is 3.10. The second kappa shape index (κ2) is 6.87. The minimum atomic E-state index is 0.128. The van der Waals surface area contributed by atoms with Gasteiger partial charge in [0.1, 0.15) is 0 Å². The Bertz CT molecular complexity index is 627. The predicted molar refractivity (Wildman–Crippen MR) is 95.4 cm³/mol. The molecule has 1 aromatic heterocycles. The Morgan fingerprint density at radius 1 is 0.958 bits per heavy atom. The molecule has 3 heterocycles. The van der Waals surface area contributed by atoms with Crippen LogP contribution in [0.3, 0.4) is 0 Å². The molecule has 0 unspecified atom stereocenters. The van der Waals surface area contributed by atoms with E-state index in [0.29, 0.717) is 5.91 Å². The highest BCUT2D eigenvalue weighted by Gasteiger charge is 2.31. The largest absolute Gasteiger partial charge is 0.342 e. The number of carbonyl (C=O) groups is 2. The van der Waals surface area contributed by atoms with E-state index in [0.717, 1.165) is 76.0 Å². The van der Waals surface area contributed by atoms with Crippen molar-refractivity contribution in [1.29, 1.82) is 0 Å². The van der Waals surface area contributed by atoms with E-state index in [4.69, 9.17) is 0 Å². The molecule has 1 aromatic rings. The molecule has 130 valence electrons. The summed E-state index contributed by atoms with van der Waals surface area (Å²) < 4.78 is 0. The molecule has 0 radical (unpaired) electrons. The maximum Gasteiger partial charge on any atom is 0.263 e. The fourth-order valence-corrected chi connectivity index (χ4v) is 5.46. The lowest BCUT2D eigenvalue weighted by Gasteiger charge is -2.26. The molecule has 1 aliphatic carbocycles. The Kier molecular flexibility index (Phi) is 4.61. The zero-order chi connectivity index (χ0) is 16.5. The summed E-state index contributed by atoms with van der Waals surface area (Å²) in [6.07, 6.45) is 8.52. The molecule has 2 aliphatic heterocycles. The molecule has 2 amide bonds. The molecule has 2 saturated heterocycles. The lowest BCUT2D eigenvalue weighted by molar-refractivity contribution is -0.134. The van der Waals surface area contributed by atoms with E-state index in [-0.39, 0.29) is 11.8 Å². The lowest BCUT2D eigenvalue weighted by Crippen LogP contribution is -2.36. The van der Waals surface area contributed by atoms with Gasteiger partial charge in [-0.3, -0.25) is 9.59 Å². The number of nitrogens with zero attached hydrogens (tertiary/aromatic N) is 2. The minimum absolute atomic E-state index is 0.128. The highest BCUT2D eigenvalue weighted by Crippen LogP contribution is 2.34. The van der Waals surface area contributed by atoms with Gasteiger partial charge in [-0.2, -0.15) is 0 Å². The van der Waals surface area contributed by atoms with Gasteiger partial charge in [0, 0.05) is 37.0 Å². The van der Waals surface area contributed by atoms with E-state index >= 15 is 0 Å². The molecule has 24 heavy (non-hydrogen) atoms. The van der Waals surface area contributed by atoms with Crippen LogP contribution in [0.2, 0.25) is 0 Å². The van der Waals surface area contributed by atoms with Crippen molar-refractivity contribution in [3.05, 3.63) is 21.4 Å². The molecule has 2 fully saturated rings. The van der Waals surface area contributed by atoms with E-state index in [9.17, 15) is 9.59 Å². The summed E-state index contributed by atoms with van der Waals surface area (Å²) in [6, 6.07) is 2.08. The molecule has 0 aromatic carbocycles. The van der Waals surface area contributed by atoms with Gasteiger partial charge in [-0.15, -0.1) is 11.3 Å². The van der Waals surface area contributed by atoms with Crippen LogP contribution in [0.25, 0.3) is 0 Å². The van der Waals surface area contributed by atoms with Crippen molar-refractivity contribution in [3.63, 3.8) is 0 Å². The van der Waals surface area contributed by atoms with E-state index in [1.165, 1.54) is 16.9 Å². The van der Waals surface area contributed by atoms with Crippen LogP contribution in [0.15, 0.2) is 6.07 Å². The quantitative estimate of drug-likeness (QED) is 0.826. The number of aryl methyl sites for hydroxylation is 1. The third-order valence-corrected chi connectivity index (χ3v) is 6.93. The van der Waals surface area contributed by atoms with Gasteiger partial charge in [0.05, 0.1) is 4.88 Å². The normalized spacial score (nSPS) is 24.1. The second-order valence-electron chi connectivity index (χ2n) is 7.38. The van der Waals surface area contributed by atoms with Crippen LogP contribution < -0.4 is 0 Å². The van der Waals surface area contributed by atoms with E-state index in [1.54, 1.807) is 11.3 Å². The van der Waals surface area contributed by atoms with Gasteiger partial charge < -0.3 is 9.80 Å². The summed E-state index contributed by atoms with van der Waals surface area (Å²) in [5, 5.41) is 0. The lowest BCUT2D eigenvalue weighted by atomic mass is 9.87. The van der Waals surface area contributed by atoms with Crippen molar-refractivity contribution in [1.82, 2.24) is 9.80 Å². The Hall–Kier alpha value is -1.36. The molecule has 3 aliphatic rings. The van der Waals surface area contributed by atoms with Crippen LogP contribution in [0, 0.1) is 5.92 Å². The van der Waals surface area contributed by atoms with Gasteiger partial charge in [0.15, 0.2) is 0 Å². The maximum atomic E-state index is 12.7. The monoisotopic (exact) mass is 346 g/mol. The number of amides is 2. The van der Waals surface area contributed by atoms with Crippen LogP contribution in [0.4, 0.5) is 0 Å². The van der Waals surface area contributed by atoms with Crippen molar-refractivity contribution in [3.8, 4) is 0 Å². The van der Waals surface area contributed by atoms with E-state index in [1.807, 2.05) is 9.80 Å². The van der Waals surface area contributed by atoms with Gasteiger partial charge in [-0.1, -0.05) is 0 Å². The summed E-state index contributed by atoms with van der Waals surface area (Å²) >= 11 is 1.67. The van der Waals surface area contributed by atoms with Gasteiger partial charge >= 0.3 is 0 Å². The van der Waals surface area contributed by atoms with Crippen molar-refractivity contribution < 1.29 is 9.59 Å².